The maximum atomic E-state index is 12.8. The molecular weight excluding hydrogens is 362 g/mol. The number of aryl methyl sites for hydroxylation is 1. The van der Waals surface area contributed by atoms with Gasteiger partial charge in [0, 0.05) is 30.1 Å². The van der Waals surface area contributed by atoms with Gasteiger partial charge in [-0.15, -0.1) is 0 Å². The van der Waals surface area contributed by atoms with E-state index in [0.29, 0.717) is 23.8 Å². The van der Waals surface area contributed by atoms with Gasteiger partial charge in [0.1, 0.15) is 0 Å². The van der Waals surface area contributed by atoms with Crippen LogP contribution < -0.4 is 10.9 Å². The molecule has 0 atom stereocenters. The van der Waals surface area contributed by atoms with Gasteiger partial charge in [-0.3, -0.25) is 4.79 Å². The third kappa shape index (κ3) is 4.49. The Hall–Kier alpha value is -2.79. The summed E-state index contributed by atoms with van der Waals surface area (Å²) >= 11 is 6.24. The largest absolute Gasteiger partial charge is 0.322 e. The Kier molecular flexibility index (Phi) is 5.81. The average Bonchev–Trinajstić information content (AvgIpc) is 2.63. The molecular formula is C21H22ClN3O2. The number of nitrogens with zero attached hydrogens (tertiary/aromatic N) is 1. The number of hydrogen-bond donors (Lipinski definition) is 2. The Balaban J connectivity index is 1.88. The Morgan fingerprint density at radius 2 is 1.96 bits per heavy atom. The summed E-state index contributed by atoms with van der Waals surface area (Å²) in [5.41, 5.74) is 3.00. The standard InChI is InChI=1S/C21H22ClN3O2/c1-3-10-25(21(27)24-19-9-8-14(2)11-17(19)22)13-15-12-20(26)23-18-7-5-4-6-16(15)18/h4-9,11-12H,3,10,13H2,1-2H3,(H,23,26)(H,24,27). The lowest BCUT2D eigenvalue weighted by molar-refractivity contribution is 0.209. The number of aromatic amines is 1. The van der Waals surface area contributed by atoms with E-state index in [1.54, 1.807) is 17.0 Å². The Morgan fingerprint density at radius 1 is 1.19 bits per heavy atom. The first-order valence-corrected chi connectivity index (χ1v) is 9.28. The van der Waals surface area contributed by atoms with Crippen molar-refractivity contribution in [3.63, 3.8) is 0 Å². The van der Waals surface area contributed by atoms with Crippen molar-refractivity contribution in [2.24, 2.45) is 0 Å². The number of urea groups is 1. The molecule has 1 heterocycles. The molecule has 0 aliphatic heterocycles. The summed E-state index contributed by atoms with van der Waals surface area (Å²) in [4.78, 5) is 29.3. The second kappa shape index (κ2) is 8.27. The van der Waals surface area contributed by atoms with Crippen molar-refractivity contribution in [1.29, 1.82) is 0 Å². The molecule has 5 nitrogen and oxygen atoms in total. The van der Waals surface area contributed by atoms with Crippen LogP contribution in [0.15, 0.2) is 53.3 Å². The SMILES string of the molecule is CCCN(Cc1cc(=O)[nH]c2ccccc12)C(=O)Nc1ccc(C)cc1Cl. The molecule has 140 valence electrons. The van der Waals surface area contributed by atoms with E-state index in [2.05, 4.69) is 10.3 Å². The quantitative estimate of drug-likeness (QED) is 0.655. The van der Waals surface area contributed by atoms with Crippen LogP contribution in [0.1, 0.15) is 24.5 Å². The van der Waals surface area contributed by atoms with Gasteiger partial charge in [0.25, 0.3) is 0 Å². The van der Waals surface area contributed by atoms with Gasteiger partial charge in [0.15, 0.2) is 0 Å². The highest BCUT2D eigenvalue weighted by atomic mass is 35.5. The van der Waals surface area contributed by atoms with Crippen molar-refractivity contribution in [3.05, 3.63) is 75.0 Å². The molecule has 0 aliphatic rings. The first-order chi connectivity index (χ1) is 13.0. The monoisotopic (exact) mass is 383 g/mol. The van der Waals surface area contributed by atoms with Crippen molar-refractivity contribution in [1.82, 2.24) is 9.88 Å². The van der Waals surface area contributed by atoms with Crippen LogP contribution in [0.2, 0.25) is 5.02 Å². The van der Waals surface area contributed by atoms with Gasteiger partial charge in [0.2, 0.25) is 5.56 Å². The summed E-state index contributed by atoms with van der Waals surface area (Å²) < 4.78 is 0. The van der Waals surface area contributed by atoms with E-state index in [0.717, 1.165) is 28.5 Å². The van der Waals surface area contributed by atoms with Crippen LogP contribution in [0, 0.1) is 6.92 Å². The molecule has 0 bridgehead atoms. The fourth-order valence-corrected chi connectivity index (χ4v) is 3.33. The molecule has 2 amide bonds. The fourth-order valence-electron chi connectivity index (χ4n) is 3.05. The summed E-state index contributed by atoms with van der Waals surface area (Å²) in [6.45, 7) is 4.86. The third-order valence-electron chi connectivity index (χ3n) is 4.34. The number of benzene rings is 2. The van der Waals surface area contributed by atoms with E-state index in [4.69, 9.17) is 11.6 Å². The number of nitrogens with one attached hydrogen (secondary N) is 2. The van der Waals surface area contributed by atoms with E-state index in [-0.39, 0.29) is 11.6 Å². The molecule has 3 aromatic rings. The number of rotatable bonds is 5. The molecule has 2 aromatic carbocycles. The van der Waals surface area contributed by atoms with Crippen LogP contribution in [0.4, 0.5) is 10.5 Å². The van der Waals surface area contributed by atoms with Crippen LogP contribution >= 0.6 is 11.6 Å². The number of amides is 2. The van der Waals surface area contributed by atoms with E-state index in [9.17, 15) is 9.59 Å². The third-order valence-corrected chi connectivity index (χ3v) is 4.66. The van der Waals surface area contributed by atoms with E-state index in [1.165, 1.54) is 0 Å². The van der Waals surface area contributed by atoms with Gasteiger partial charge in [0.05, 0.1) is 10.7 Å². The summed E-state index contributed by atoms with van der Waals surface area (Å²) in [5, 5.41) is 4.31. The minimum atomic E-state index is -0.244. The topological polar surface area (TPSA) is 65.2 Å². The number of carbonyl (C=O) groups is 1. The first kappa shape index (κ1) is 19.0. The zero-order valence-corrected chi connectivity index (χ0v) is 16.1. The van der Waals surface area contributed by atoms with Crippen LogP contribution in [-0.4, -0.2) is 22.5 Å². The number of pyridine rings is 1. The fraction of sp³-hybridized carbons (Fsp3) is 0.238. The summed E-state index contributed by atoms with van der Waals surface area (Å²) in [5.74, 6) is 0. The number of anilines is 1. The average molecular weight is 384 g/mol. The number of carbonyl (C=O) groups excluding carboxylic acids is 1. The van der Waals surface area contributed by atoms with E-state index < -0.39 is 0 Å². The number of halogens is 1. The summed E-state index contributed by atoms with van der Waals surface area (Å²) in [6.07, 6.45) is 0.802. The van der Waals surface area contributed by atoms with Crippen molar-refractivity contribution in [2.75, 3.05) is 11.9 Å². The van der Waals surface area contributed by atoms with Crippen LogP contribution in [0.25, 0.3) is 10.9 Å². The van der Waals surface area contributed by atoms with Gasteiger partial charge < -0.3 is 15.2 Å². The number of fused-ring (bicyclic) bond motifs is 1. The number of H-pyrrole nitrogens is 1. The maximum absolute atomic E-state index is 12.8. The maximum Gasteiger partial charge on any atom is 0.322 e. The molecule has 0 unspecified atom stereocenters. The molecule has 0 saturated heterocycles. The van der Waals surface area contributed by atoms with Gasteiger partial charge in [-0.2, -0.15) is 0 Å². The summed E-state index contributed by atoms with van der Waals surface area (Å²) in [7, 11) is 0. The molecule has 27 heavy (non-hydrogen) atoms. The highest BCUT2D eigenvalue weighted by molar-refractivity contribution is 6.33. The lowest BCUT2D eigenvalue weighted by Gasteiger charge is -2.23. The molecule has 0 fully saturated rings. The molecule has 0 radical (unpaired) electrons. The second-order valence-corrected chi connectivity index (χ2v) is 6.95. The molecule has 1 aromatic heterocycles. The van der Waals surface area contributed by atoms with Gasteiger partial charge in [-0.05, 0) is 42.7 Å². The summed E-state index contributed by atoms with van der Waals surface area (Å²) in [6, 6.07) is 14.4. The number of hydrogen-bond acceptors (Lipinski definition) is 2. The zero-order chi connectivity index (χ0) is 19.4. The van der Waals surface area contributed by atoms with Crippen molar-refractivity contribution >= 4 is 34.2 Å². The molecule has 0 aliphatic carbocycles. The minimum Gasteiger partial charge on any atom is -0.322 e. The molecule has 0 spiro atoms. The van der Waals surface area contributed by atoms with Gasteiger partial charge >= 0.3 is 6.03 Å². The Labute approximate surface area is 163 Å². The molecule has 3 rings (SSSR count). The number of para-hydroxylation sites is 1. The second-order valence-electron chi connectivity index (χ2n) is 6.54. The molecule has 2 N–H and O–H groups in total. The van der Waals surface area contributed by atoms with Crippen molar-refractivity contribution < 1.29 is 4.79 Å². The normalized spacial score (nSPS) is 10.8. The lowest BCUT2D eigenvalue weighted by atomic mass is 10.1. The Morgan fingerprint density at radius 3 is 2.70 bits per heavy atom. The smallest absolute Gasteiger partial charge is 0.322 e. The van der Waals surface area contributed by atoms with Crippen molar-refractivity contribution in [3.8, 4) is 0 Å². The van der Waals surface area contributed by atoms with E-state index in [1.807, 2.05) is 50.2 Å². The first-order valence-electron chi connectivity index (χ1n) is 8.91. The zero-order valence-electron chi connectivity index (χ0n) is 15.4. The van der Waals surface area contributed by atoms with Crippen LogP contribution in [0.5, 0.6) is 0 Å². The Bertz CT molecular complexity index is 1030. The minimum absolute atomic E-state index is 0.179. The highest BCUT2D eigenvalue weighted by Crippen LogP contribution is 2.24. The van der Waals surface area contributed by atoms with Crippen LogP contribution in [0.3, 0.4) is 0 Å². The van der Waals surface area contributed by atoms with Crippen LogP contribution in [-0.2, 0) is 6.54 Å². The molecule has 0 saturated carbocycles. The van der Waals surface area contributed by atoms with E-state index >= 15 is 0 Å². The van der Waals surface area contributed by atoms with Gasteiger partial charge in [-0.1, -0.05) is 42.8 Å². The predicted octanol–water partition coefficient (Wildman–Crippen LogP) is 4.93. The van der Waals surface area contributed by atoms with Crippen molar-refractivity contribution in [2.45, 2.75) is 26.8 Å². The lowest BCUT2D eigenvalue weighted by Crippen LogP contribution is -2.35. The van der Waals surface area contributed by atoms with Gasteiger partial charge in [-0.25, -0.2) is 4.79 Å². The highest BCUT2D eigenvalue weighted by Gasteiger charge is 2.16. The molecule has 6 heteroatoms. The number of aromatic nitrogens is 1. The predicted molar refractivity (Wildman–Crippen MR) is 110 cm³/mol.